The molecule has 0 amide bonds. The van der Waals surface area contributed by atoms with E-state index in [1.165, 1.54) is 6.07 Å². The Morgan fingerprint density at radius 3 is 2.65 bits per heavy atom. The summed E-state index contributed by atoms with van der Waals surface area (Å²) in [5.41, 5.74) is 8.19. The SMILES string of the molecule is Cc1cccc(F)c1Cc1ccc2c(N)nn(C(=O)OC(C)(C)C)c2c1. The lowest BCUT2D eigenvalue weighted by molar-refractivity contribution is 0.0523. The Balaban J connectivity index is 2.02. The molecular weight excluding hydrogens is 333 g/mol. The number of nitrogens with zero attached hydrogens (tertiary/aromatic N) is 2. The molecule has 1 aromatic heterocycles. The van der Waals surface area contributed by atoms with Crippen LogP contribution in [0.2, 0.25) is 0 Å². The van der Waals surface area contributed by atoms with Gasteiger partial charge in [0, 0.05) is 11.8 Å². The molecule has 0 fully saturated rings. The standard InChI is InChI=1S/C20H22FN3O2/c1-12-6-5-7-16(21)15(12)10-13-8-9-14-17(11-13)24(23-18(14)22)19(25)26-20(2,3)4/h5-9,11H,10H2,1-4H3,(H2,22,23). The predicted octanol–water partition coefficient (Wildman–Crippen LogP) is 4.44. The minimum absolute atomic E-state index is 0.245. The number of nitrogen functional groups attached to an aromatic ring is 1. The van der Waals surface area contributed by atoms with Crippen molar-refractivity contribution >= 4 is 22.8 Å². The van der Waals surface area contributed by atoms with Gasteiger partial charge in [0.1, 0.15) is 11.4 Å². The number of fused-ring (bicyclic) bond motifs is 1. The normalized spacial score (nSPS) is 11.7. The first kappa shape index (κ1) is 17.9. The Morgan fingerprint density at radius 2 is 2.00 bits per heavy atom. The largest absolute Gasteiger partial charge is 0.442 e. The molecule has 0 saturated carbocycles. The number of nitrogens with two attached hydrogens (primary N) is 1. The fourth-order valence-corrected chi connectivity index (χ4v) is 2.83. The lowest BCUT2D eigenvalue weighted by atomic mass is 9.99. The number of carbonyl (C=O) groups excluding carboxylic acids is 1. The molecule has 0 saturated heterocycles. The zero-order chi connectivity index (χ0) is 19.1. The Bertz CT molecular complexity index is 966. The Kier molecular flexibility index (Phi) is 4.44. The number of benzene rings is 2. The average Bonchev–Trinajstić information content (AvgIpc) is 2.86. The van der Waals surface area contributed by atoms with Crippen LogP contribution in [-0.2, 0) is 11.2 Å². The summed E-state index contributed by atoms with van der Waals surface area (Å²) in [5, 5.41) is 4.76. The summed E-state index contributed by atoms with van der Waals surface area (Å²) in [7, 11) is 0. The third-order valence-corrected chi connectivity index (χ3v) is 4.07. The van der Waals surface area contributed by atoms with E-state index in [0.717, 1.165) is 15.8 Å². The van der Waals surface area contributed by atoms with Crippen LogP contribution in [0.5, 0.6) is 0 Å². The molecule has 6 heteroatoms. The first-order valence-corrected chi connectivity index (χ1v) is 8.40. The van der Waals surface area contributed by atoms with Crippen LogP contribution in [-0.4, -0.2) is 21.5 Å². The highest BCUT2D eigenvalue weighted by molar-refractivity contribution is 5.95. The second kappa shape index (κ2) is 6.44. The van der Waals surface area contributed by atoms with E-state index in [1.54, 1.807) is 39.0 Å². The van der Waals surface area contributed by atoms with Crippen LogP contribution >= 0.6 is 0 Å². The number of halogens is 1. The Morgan fingerprint density at radius 1 is 1.27 bits per heavy atom. The van der Waals surface area contributed by atoms with Gasteiger partial charge in [-0.1, -0.05) is 18.2 Å². The lowest BCUT2D eigenvalue weighted by Gasteiger charge is -2.19. The zero-order valence-corrected chi connectivity index (χ0v) is 15.3. The van der Waals surface area contributed by atoms with Gasteiger partial charge in [-0.3, -0.25) is 0 Å². The molecule has 0 aliphatic heterocycles. The molecule has 1 heterocycles. The summed E-state index contributed by atoms with van der Waals surface area (Å²) in [6, 6.07) is 10.5. The Labute approximate surface area is 151 Å². The van der Waals surface area contributed by atoms with Gasteiger partial charge in [0.15, 0.2) is 5.82 Å². The topological polar surface area (TPSA) is 70.1 Å². The monoisotopic (exact) mass is 355 g/mol. The molecule has 136 valence electrons. The van der Waals surface area contributed by atoms with Crippen LogP contribution in [0.3, 0.4) is 0 Å². The number of aryl methyl sites for hydroxylation is 1. The van der Waals surface area contributed by atoms with Gasteiger partial charge >= 0.3 is 6.09 Å². The number of carbonyl (C=O) groups is 1. The van der Waals surface area contributed by atoms with Crippen molar-refractivity contribution in [2.24, 2.45) is 0 Å². The van der Waals surface area contributed by atoms with Crippen LogP contribution in [0.4, 0.5) is 15.0 Å². The molecule has 2 aromatic carbocycles. The van der Waals surface area contributed by atoms with Crippen molar-refractivity contribution in [3.8, 4) is 0 Å². The number of hydrogen-bond donors (Lipinski definition) is 1. The maximum absolute atomic E-state index is 14.1. The van der Waals surface area contributed by atoms with Gasteiger partial charge in [-0.2, -0.15) is 4.68 Å². The summed E-state index contributed by atoms with van der Waals surface area (Å²) >= 11 is 0. The van der Waals surface area contributed by atoms with E-state index < -0.39 is 11.7 Å². The number of rotatable bonds is 2. The molecule has 0 radical (unpaired) electrons. The minimum atomic E-state index is -0.647. The lowest BCUT2D eigenvalue weighted by Crippen LogP contribution is -2.27. The highest BCUT2D eigenvalue weighted by atomic mass is 19.1. The predicted molar refractivity (Wildman–Crippen MR) is 99.7 cm³/mol. The third kappa shape index (κ3) is 3.54. The van der Waals surface area contributed by atoms with Crippen LogP contribution in [0.1, 0.15) is 37.5 Å². The molecule has 5 nitrogen and oxygen atoms in total. The Hall–Kier alpha value is -2.89. The van der Waals surface area contributed by atoms with E-state index in [-0.39, 0.29) is 11.6 Å². The van der Waals surface area contributed by atoms with E-state index in [1.807, 2.05) is 19.1 Å². The molecule has 0 bridgehead atoms. The highest BCUT2D eigenvalue weighted by Gasteiger charge is 2.21. The van der Waals surface area contributed by atoms with E-state index in [0.29, 0.717) is 22.9 Å². The molecule has 0 atom stereocenters. The van der Waals surface area contributed by atoms with E-state index >= 15 is 0 Å². The first-order valence-electron chi connectivity index (χ1n) is 8.40. The van der Waals surface area contributed by atoms with Gasteiger partial charge in [-0.05, 0) is 62.6 Å². The number of hydrogen-bond acceptors (Lipinski definition) is 4. The number of aromatic nitrogens is 2. The smallest absolute Gasteiger partial charge is 0.435 e. The van der Waals surface area contributed by atoms with Crippen LogP contribution in [0.15, 0.2) is 36.4 Å². The van der Waals surface area contributed by atoms with Gasteiger partial charge in [0.2, 0.25) is 0 Å². The average molecular weight is 355 g/mol. The molecule has 0 unspecified atom stereocenters. The summed E-state index contributed by atoms with van der Waals surface area (Å²) < 4.78 is 20.7. The van der Waals surface area contributed by atoms with Crippen molar-refractivity contribution < 1.29 is 13.9 Å². The second-order valence-electron chi connectivity index (χ2n) is 7.34. The van der Waals surface area contributed by atoms with Crippen molar-refractivity contribution in [3.05, 3.63) is 58.9 Å². The zero-order valence-electron chi connectivity index (χ0n) is 15.3. The molecule has 0 aliphatic carbocycles. The second-order valence-corrected chi connectivity index (χ2v) is 7.34. The van der Waals surface area contributed by atoms with Crippen molar-refractivity contribution in [1.29, 1.82) is 0 Å². The van der Waals surface area contributed by atoms with E-state index in [2.05, 4.69) is 5.10 Å². The van der Waals surface area contributed by atoms with Crippen molar-refractivity contribution in [2.75, 3.05) is 5.73 Å². The van der Waals surface area contributed by atoms with Gasteiger partial charge < -0.3 is 10.5 Å². The van der Waals surface area contributed by atoms with Crippen LogP contribution < -0.4 is 5.73 Å². The van der Waals surface area contributed by atoms with Crippen LogP contribution in [0, 0.1) is 12.7 Å². The summed E-state index contributed by atoms with van der Waals surface area (Å²) in [4.78, 5) is 12.4. The molecule has 0 aliphatic rings. The fraction of sp³-hybridized carbons (Fsp3) is 0.300. The van der Waals surface area contributed by atoms with Gasteiger partial charge in [0.05, 0.1) is 5.52 Å². The quantitative estimate of drug-likeness (QED) is 0.738. The van der Waals surface area contributed by atoms with Gasteiger partial charge in [-0.15, -0.1) is 5.10 Å². The molecule has 3 aromatic rings. The maximum atomic E-state index is 14.1. The summed E-state index contributed by atoms with van der Waals surface area (Å²) in [5.74, 6) is 0.00439. The highest BCUT2D eigenvalue weighted by Crippen LogP contribution is 2.25. The number of anilines is 1. The van der Waals surface area contributed by atoms with Crippen LogP contribution in [0.25, 0.3) is 10.9 Å². The molecule has 0 spiro atoms. The van der Waals surface area contributed by atoms with Crippen molar-refractivity contribution in [2.45, 2.75) is 39.7 Å². The van der Waals surface area contributed by atoms with E-state index in [4.69, 9.17) is 10.5 Å². The molecule has 3 rings (SSSR count). The molecular formula is C20H22FN3O2. The third-order valence-electron chi connectivity index (χ3n) is 4.07. The fourth-order valence-electron chi connectivity index (χ4n) is 2.83. The molecule has 26 heavy (non-hydrogen) atoms. The van der Waals surface area contributed by atoms with Gasteiger partial charge in [-0.25, -0.2) is 9.18 Å². The first-order chi connectivity index (χ1) is 12.2. The van der Waals surface area contributed by atoms with Crippen molar-refractivity contribution in [3.63, 3.8) is 0 Å². The summed E-state index contributed by atoms with van der Waals surface area (Å²) in [6.45, 7) is 7.23. The number of ether oxygens (including phenoxy) is 1. The summed E-state index contributed by atoms with van der Waals surface area (Å²) in [6.07, 6.45) is -0.188. The maximum Gasteiger partial charge on any atom is 0.435 e. The van der Waals surface area contributed by atoms with E-state index in [9.17, 15) is 9.18 Å². The van der Waals surface area contributed by atoms with Gasteiger partial charge in [0.25, 0.3) is 0 Å². The minimum Gasteiger partial charge on any atom is -0.442 e. The molecule has 2 N–H and O–H groups in total. The van der Waals surface area contributed by atoms with Crippen molar-refractivity contribution in [1.82, 2.24) is 9.78 Å².